The molecule has 24 heavy (non-hydrogen) atoms. The minimum absolute atomic E-state index is 0.0445. The summed E-state index contributed by atoms with van der Waals surface area (Å²) in [7, 11) is 3.22. The van der Waals surface area contributed by atoms with Crippen molar-refractivity contribution in [2.75, 3.05) is 33.8 Å². The van der Waals surface area contributed by atoms with Crippen LogP contribution in [0.15, 0.2) is 30.3 Å². The van der Waals surface area contributed by atoms with Gasteiger partial charge in [0.2, 0.25) is 5.91 Å². The molecule has 0 saturated heterocycles. The molecular formula is C18H23N3O3. The van der Waals surface area contributed by atoms with Gasteiger partial charge in [-0.3, -0.25) is 9.59 Å². The lowest BCUT2D eigenvalue weighted by Crippen LogP contribution is -2.41. The van der Waals surface area contributed by atoms with E-state index in [0.29, 0.717) is 24.3 Å². The van der Waals surface area contributed by atoms with Crippen LogP contribution in [0.1, 0.15) is 24.3 Å². The average Bonchev–Trinajstić information content (AvgIpc) is 2.61. The van der Waals surface area contributed by atoms with Crippen molar-refractivity contribution in [1.82, 2.24) is 14.8 Å². The van der Waals surface area contributed by atoms with Gasteiger partial charge in [-0.05, 0) is 38.1 Å². The molecule has 2 amide bonds. The summed E-state index contributed by atoms with van der Waals surface area (Å²) in [6, 6.07) is 8.98. The number of benzene rings is 1. The minimum Gasteiger partial charge on any atom is -0.497 e. The predicted octanol–water partition coefficient (Wildman–Crippen LogP) is 2.18. The molecule has 1 heterocycles. The number of rotatable bonds is 6. The quantitative estimate of drug-likeness (QED) is 0.815. The van der Waals surface area contributed by atoms with Crippen molar-refractivity contribution >= 4 is 22.7 Å². The minimum atomic E-state index is -0.270. The lowest BCUT2D eigenvalue weighted by molar-refractivity contribution is -0.131. The maximum absolute atomic E-state index is 12.5. The third-order valence-electron chi connectivity index (χ3n) is 3.95. The van der Waals surface area contributed by atoms with Crippen LogP contribution in [0.3, 0.4) is 0 Å². The first-order valence-electron chi connectivity index (χ1n) is 7.98. The van der Waals surface area contributed by atoms with Crippen LogP contribution in [-0.2, 0) is 4.79 Å². The zero-order valence-electron chi connectivity index (χ0n) is 14.6. The Bertz CT molecular complexity index is 741. The number of carbonyl (C=O) groups excluding carboxylic acids is 2. The Morgan fingerprint density at radius 2 is 1.83 bits per heavy atom. The highest BCUT2D eigenvalue weighted by Crippen LogP contribution is 2.19. The molecule has 2 rings (SSSR count). The first kappa shape index (κ1) is 17.7. The van der Waals surface area contributed by atoms with Crippen LogP contribution in [0.5, 0.6) is 5.75 Å². The lowest BCUT2D eigenvalue weighted by Gasteiger charge is -2.23. The molecule has 0 spiro atoms. The van der Waals surface area contributed by atoms with Gasteiger partial charge < -0.3 is 14.5 Å². The highest BCUT2D eigenvalue weighted by Gasteiger charge is 2.19. The number of carbonyl (C=O) groups is 2. The van der Waals surface area contributed by atoms with Gasteiger partial charge in [0.1, 0.15) is 11.4 Å². The summed E-state index contributed by atoms with van der Waals surface area (Å²) in [6.45, 7) is 5.15. The van der Waals surface area contributed by atoms with Crippen molar-refractivity contribution in [2.45, 2.75) is 13.8 Å². The molecule has 6 nitrogen and oxygen atoms in total. The van der Waals surface area contributed by atoms with Crippen molar-refractivity contribution in [3.05, 3.63) is 36.0 Å². The maximum Gasteiger partial charge on any atom is 0.272 e. The van der Waals surface area contributed by atoms with Gasteiger partial charge in [-0.2, -0.15) is 0 Å². The number of fused-ring (bicyclic) bond motifs is 1. The molecular weight excluding hydrogens is 306 g/mol. The third-order valence-corrected chi connectivity index (χ3v) is 3.95. The summed E-state index contributed by atoms with van der Waals surface area (Å²) in [6.07, 6.45) is 0. The fraction of sp³-hybridized carbons (Fsp3) is 0.389. The Hall–Kier alpha value is -2.63. The average molecular weight is 329 g/mol. The molecule has 0 N–H and O–H groups in total. The summed E-state index contributed by atoms with van der Waals surface area (Å²) in [5, 5.41) is 0.896. The fourth-order valence-electron chi connectivity index (χ4n) is 2.50. The normalized spacial score (nSPS) is 10.5. The Kier molecular flexibility index (Phi) is 5.73. The molecule has 0 radical (unpaired) electrons. The SMILES string of the molecule is CCN(CC)C(=O)CN(C)C(=O)c1ccc2cc(OC)ccc2n1. The van der Waals surface area contributed by atoms with Crippen LogP contribution >= 0.6 is 0 Å². The molecule has 0 aliphatic rings. The summed E-state index contributed by atoms with van der Waals surface area (Å²) < 4.78 is 5.18. The zero-order chi connectivity index (χ0) is 17.7. The predicted molar refractivity (Wildman–Crippen MR) is 93.2 cm³/mol. The Morgan fingerprint density at radius 1 is 1.12 bits per heavy atom. The third kappa shape index (κ3) is 3.82. The molecule has 0 saturated carbocycles. The van der Waals surface area contributed by atoms with Crippen LogP contribution in [0.4, 0.5) is 0 Å². The molecule has 0 atom stereocenters. The van der Waals surface area contributed by atoms with Gasteiger partial charge in [0, 0.05) is 25.5 Å². The van der Waals surface area contributed by atoms with E-state index in [9.17, 15) is 9.59 Å². The highest BCUT2D eigenvalue weighted by molar-refractivity contribution is 5.96. The molecule has 0 unspecified atom stereocenters. The van der Waals surface area contributed by atoms with Crippen LogP contribution < -0.4 is 4.74 Å². The van der Waals surface area contributed by atoms with Gasteiger partial charge in [-0.1, -0.05) is 6.07 Å². The zero-order valence-corrected chi connectivity index (χ0v) is 14.6. The van der Waals surface area contributed by atoms with Gasteiger partial charge in [-0.15, -0.1) is 0 Å². The van der Waals surface area contributed by atoms with Crippen LogP contribution in [0.2, 0.25) is 0 Å². The monoisotopic (exact) mass is 329 g/mol. The molecule has 0 aliphatic heterocycles. The van der Waals surface area contributed by atoms with E-state index in [1.54, 1.807) is 31.2 Å². The fourth-order valence-corrected chi connectivity index (χ4v) is 2.50. The number of amides is 2. The van der Waals surface area contributed by atoms with Gasteiger partial charge in [0.25, 0.3) is 5.91 Å². The molecule has 0 fully saturated rings. The Balaban J connectivity index is 2.16. The molecule has 0 aliphatic carbocycles. The number of pyridine rings is 1. The second-order valence-electron chi connectivity index (χ2n) is 5.48. The molecule has 128 valence electrons. The summed E-state index contributed by atoms with van der Waals surface area (Å²) >= 11 is 0. The maximum atomic E-state index is 12.5. The number of ether oxygens (including phenoxy) is 1. The van der Waals surface area contributed by atoms with E-state index >= 15 is 0 Å². The molecule has 6 heteroatoms. The van der Waals surface area contributed by atoms with E-state index in [4.69, 9.17) is 4.74 Å². The van der Waals surface area contributed by atoms with Crippen LogP contribution in [-0.4, -0.2) is 60.4 Å². The van der Waals surface area contributed by atoms with Crippen molar-refractivity contribution < 1.29 is 14.3 Å². The first-order valence-corrected chi connectivity index (χ1v) is 7.98. The summed E-state index contributed by atoms with van der Waals surface area (Å²) in [4.78, 5) is 32.1. The van der Waals surface area contributed by atoms with Crippen molar-refractivity contribution in [1.29, 1.82) is 0 Å². The summed E-state index contributed by atoms with van der Waals surface area (Å²) in [5.74, 6) is 0.403. The van der Waals surface area contributed by atoms with Crippen molar-refractivity contribution in [3.8, 4) is 5.75 Å². The van der Waals surface area contributed by atoms with E-state index in [2.05, 4.69) is 4.98 Å². The summed E-state index contributed by atoms with van der Waals surface area (Å²) in [5.41, 5.74) is 1.03. The topological polar surface area (TPSA) is 62.7 Å². The number of hydrogen-bond acceptors (Lipinski definition) is 4. The van der Waals surface area contributed by atoms with Gasteiger partial charge in [0.15, 0.2) is 0 Å². The highest BCUT2D eigenvalue weighted by atomic mass is 16.5. The number of nitrogens with zero attached hydrogens (tertiary/aromatic N) is 3. The number of likely N-dealkylation sites (N-methyl/N-ethyl adjacent to an activating group) is 2. The molecule has 0 bridgehead atoms. The van der Waals surface area contributed by atoms with E-state index in [0.717, 1.165) is 11.1 Å². The Morgan fingerprint density at radius 3 is 2.46 bits per heavy atom. The van der Waals surface area contributed by atoms with E-state index in [1.165, 1.54) is 4.90 Å². The number of methoxy groups -OCH3 is 1. The lowest BCUT2D eigenvalue weighted by atomic mass is 10.2. The van der Waals surface area contributed by atoms with Gasteiger partial charge in [-0.25, -0.2) is 4.98 Å². The van der Waals surface area contributed by atoms with Crippen molar-refractivity contribution in [3.63, 3.8) is 0 Å². The van der Waals surface area contributed by atoms with Gasteiger partial charge >= 0.3 is 0 Å². The number of aromatic nitrogens is 1. The standard InChI is InChI=1S/C18H23N3O3/c1-5-21(6-2)17(22)12-20(3)18(23)16-9-7-13-11-14(24-4)8-10-15(13)19-16/h7-11H,5-6,12H2,1-4H3. The van der Waals surface area contributed by atoms with E-state index in [-0.39, 0.29) is 18.4 Å². The second-order valence-corrected chi connectivity index (χ2v) is 5.48. The second kappa shape index (κ2) is 7.77. The molecule has 1 aromatic heterocycles. The van der Waals surface area contributed by atoms with Crippen LogP contribution in [0, 0.1) is 0 Å². The van der Waals surface area contributed by atoms with Crippen LogP contribution in [0.25, 0.3) is 10.9 Å². The number of hydrogen-bond donors (Lipinski definition) is 0. The molecule has 1 aromatic carbocycles. The van der Waals surface area contributed by atoms with Crippen molar-refractivity contribution in [2.24, 2.45) is 0 Å². The molecule has 2 aromatic rings. The van der Waals surface area contributed by atoms with Gasteiger partial charge in [0.05, 0.1) is 19.2 Å². The van der Waals surface area contributed by atoms with E-state index in [1.807, 2.05) is 32.0 Å². The first-order chi connectivity index (χ1) is 11.5. The largest absolute Gasteiger partial charge is 0.497 e. The smallest absolute Gasteiger partial charge is 0.272 e. The van der Waals surface area contributed by atoms with E-state index < -0.39 is 0 Å². The Labute approximate surface area is 142 Å².